The minimum Gasteiger partial charge on any atom is -0.330 e. The molecule has 0 bridgehead atoms. The van der Waals surface area contributed by atoms with Gasteiger partial charge in [-0.05, 0) is 57.8 Å². The predicted molar refractivity (Wildman–Crippen MR) is 57.7 cm³/mol. The van der Waals surface area contributed by atoms with Gasteiger partial charge in [0.05, 0.1) is 0 Å². The summed E-state index contributed by atoms with van der Waals surface area (Å²) in [4.78, 5) is 2.59. The molecule has 0 amide bonds. The van der Waals surface area contributed by atoms with Crippen LogP contribution in [0.25, 0.3) is 0 Å². The molecule has 1 atom stereocenters. The molecule has 0 saturated carbocycles. The van der Waals surface area contributed by atoms with Crippen LogP contribution in [0.1, 0.15) is 39.0 Å². The van der Waals surface area contributed by atoms with E-state index < -0.39 is 0 Å². The zero-order valence-corrected chi connectivity index (χ0v) is 8.97. The van der Waals surface area contributed by atoms with Gasteiger partial charge < -0.3 is 10.6 Å². The molecule has 1 aliphatic heterocycles. The van der Waals surface area contributed by atoms with Gasteiger partial charge in [0.25, 0.3) is 0 Å². The number of nitrogens with two attached hydrogens (primary N) is 1. The van der Waals surface area contributed by atoms with Crippen molar-refractivity contribution in [3.05, 3.63) is 0 Å². The highest BCUT2D eigenvalue weighted by Gasteiger charge is 2.14. The van der Waals surface area contributed by atoms with Crippen molar-refractivity contribution >= 4 is 0 Å². The van der Waals surface area contributed by atoms with Gasteiger partial charge in [-0.15, -0.1) is 0 Å². The first-order valence-electron chi connectivity index (χ1n) is 5.79. The first-order valence-corrected chi connectivity index (χ1v) is 5.79. The monoisotopic (exact) mass is 184 g/mol. The van der Waals surface area contributed by atoms with Gasteiger partial charge in [-0.3, -0.25) is 0 Å². The summed E-state index contributed by atoms with van der Waals surface area (Å²) in [7, 11) is 0. The van der Waals surface area contributed by atoms with Crippen LogP contribution in [0.5, 0.6) is 0 Å². The summed E-state index contributed by atoms with van der Waals surface area (Å²) >= 11 is 0. The highest BCUT2D eigenvalue weighted by atomic mass is 15.1. The van der Waals surface area contributed by atoms with Gasteiger partial charge in [0.15, 0.2) is 0 Å². The molecule has 2 heteroatoms. The van der Waals surface area contributed by atoms with Crippen molar-refractivity contribution in [1.29, 1.82) is 0 Å². The van der Waals surface area contributed by atoms with Crippen LogP contribution in [0.15, 0.2) is 0 Å². The van der Waals surface area contributed by atoms with Gasteiger partial charge in [-0.25, -0.2) is 0 Å². The molecule has 1 aliphatic rings. The molecule has 13 heavy (non-hydrogen) atoms. The second kappa shape index (κ2) is 6.39. The lowest BCUT2D eigenvalue weighted by atomic mass is 9.98. The van der Waals surface area contributed by atoms with Gasteiger partial charge in [-0.2, -0.15) is 0 Å². The first kappa shape index (κ1) is 11.0. The topological polar surface area (TPSA) is 29.3 Å². The zero-order valence-electron chi connectivity index (χ0n) is 8.97. The van der Waals surface area contributed by atoms with Crippen LogP contribution in [0.2, 0.25) is 0 Å². The first-order chi connectivity index (χ1) is 6.36. The minimum atomic E-state index is 0.841. The molecule has 0 spiro atoms. The van der Waals surface area contributed by atoms with E-state index in [0.29, 0.717) is 0 Å². The second-order valence-corrected chi connectivity index (χ2v) is 4.19. The number of rotatable bonds is 4. The van der Waals surface area contributed by atoms with Gasteiger partial charge in [0.2, 0.25) is 0 Å². The molecule has 2 N–H and O–H groups in total. The van der Waals surface area contributed by atoms with Crippen molar-refractivity contribution < 1.29 is 0 Å². The third kappa shape index (κ3) is 4.10. The Morgan fingerprint density at radius 3 is 2.85 bits per heavy atom. The Hall–Kier alpha value is -0.0800. The van der Waals surface area contributed by atoms with E-state index in [9.17, 15) is 0 Å². The van der Waals surface area contributed by atoms with E-state index in [1.54, 1.807) is 0 Å². The maximum absolute atomic E-state index is 5.51. The quantitative estimate of drug-likeness (QED) is 0.722. The van der Waals surface area contributed by atoms with Crippen LogP contribution in [0.3, 0.4) is 0 Å². The lowest BCUT2D eigenvalue weighted by Gasteiger charge is -2.19. The minimum absolute atomic E-state index is 0.841. The average Bonchev–Trinajstić information content (AvgIpc) is 2.39. The fraction of sp³-hybridized carbons (Fsp3) is 1.00. The summed E-state index contributed by atoms with van der Waals surface area (Å²) in [6, 6.07) is 0. The Balaban J connectivity index is 2.19. The van der Waals surface area contributed by atoms with Crippen molar-refractivity contribution in [1.82, 2.24) is 4.90 Å². The van der Waals surface area contributed by atoms with Crippen LogP contribution in [-0.4, -0.2) is 31.1 Å². The van der Waals surface area contributed by atoms with Gasteiger partial charge in [-0.1, -0.05) is 13.3 Å². The van der Waals surface area contributed by atoms with Crippen molar-refractivity contribution in [2.24, 2.45) is 11.7 Å². The normalized spacial score (nSPS) is 25.8. The summed E-state index contributed by atoms with van der Waals surface area (Å²) < 4.78 is 0. The summed E-state index contributed by atoms with van der Waals surface area (Å²) in [6.45, 7) is 6.98. The molecule has 1 fully saturated rings. The van der Waals surface area contributed by atoms with E-state index in [-0.39, 0.29) is 0 Å². The Bertz CT molecular complexity index is 125. The van der Waals surface area contributed by atoms with Crippen LogP contribution < -0.4 is 5.73 Å². The van der Waals surface area contributed by atoms with Crippen molar-refractivity contribution in [3.8, 4) is 0 Å². The summed E-state index contributed by atoms with van der Waals surface area (Å²) in [5.41, 5.74) is 5.51. The van der Waals surface area contributed by atoms with Crippen LogP contribution in [0.4, 0.5) is 0 Å². The van der Waals surface area contributed by atoms with Crippen LogP contribution in [-0.2, 0) is 0 Å². The van der Waals surface area contributed by atoms with E-state index in [2.05, 4.69) is 11.8 Å². The zero-order chi connectivity index (χ0) is 9.52. The molecule has 0 aromatic heterocycles. The van der Waals surface area contributed by atoms with E-state index in [1.807, 2.05) is 0 Å². The van der Waals surface area contributed by atoms with E-state index in [0.717, 1.165) is 18.9 Å². The summed E-state index contributed by atoms with van der Waals surface area (Å²) in [5, 5.41) is 0. The lowest BCUT2D eigenvalue weighted by molar-refractivity contribution is 0.278. The van der Waals surface area contributed by atoms with E-state index >= 15 is 0 Å². The number of nitrogens with zero attached hydrogens (tertiary/aromatic N) is 1. The molecule has 0 aromatic carbocycles. The third-order valence-electron chi connectivity index (χ3n) is 3.20. The fourth-order valence-electron chi connectivity index (χ4n) is 2.17. The number of likely N-dealkylation sites (tertiary alicyclic amines) is 1. The van der Waals surface area contributed by atoms with E-state index in [1.165, 1.54) is 45.3 Å². The molecular formula is C11H24N2. The molecule has 78 valence electrons. The van der Waals surface area contributed by atoms with Crippen LogP contribution in [0, 0.1) is 5.92 Å². The van der Waals surface area contributed by atoms with Gasteiger partial charge >= 0.3 is 0 Å². The van der Waals surface area contributed by atoms with Crippen molar-refractivity contribution in [3.63, 3.8) is 0 Å². The predicted octanol–water partition coefficient (Wildman–Crippen LogP) is 1.85. The Labute approximate surface area is 82.5 Å². The molecule has 1 unspecified atom stereocenters. The fourth-order valence-corrected chi connectivity index (χ4v) is 2.17. The van der Waals surface area contributed by atoms with Gasteiger partial charge in [0, 0.05) is 0 Å². The largest absolute Gasteiger partial charge is 0.330 e. The Morgan fingerprint density at radius 1 is 1.31 bits per heavy atom. The molecule has 0 radical (unpaired) electrons. The standard InChI is InChI=1S/C11H24N2/c1-2-11-5-3-8-13(10-6-11)9-4-7-12/h11H,2-10,12H2,1H3. The Morgan fingerprint density at radius 2 is 2.15 bits per heavy atom. The SMILES string of the molecule is CCC1CCCN(CCCN)CC1. The molecule has 1 rings (SSSR count). The van der Waals surface area contributed by atoms with Crippen LogP contribution >= 0.6 is 0 Å². The lowest BCUT2D eigenvalue weighted by Crippen LogP contribution is -2.27. The highest BCUT2D eigenvalue weighted by Crippen LogP contribution is 2.19. The highest BCUT2D eigenvalue weighted by molar-refractivity contribution is 4.69. The number of hydrogen-bond donors (Lipinski definition) is 1. The third-order valence-corrected chi connectivity index (χ3v) is 3.20. The maximum Gasteiger partial charge on any atom is -0.000672 e. The molecule has 1 saturated heterocycles. The van der Waals surface area contributed by atoms with Gasteiger partial charge in [0.1, 0.15) is 0 Å². The summed E-state index contributed by atoms with van der Waals surface area (Å²) in [6.07, 6.45) is 6.77. The molecule has 1 heterocycles. The molecule has 0 aliphatic carbocycles. The van der Waals surface area contributed by atoms with E-state index in [4.69, 9.17) is 5.73 Å². The van der Waals surface area contributed by atoms with Crippen molar-refractivity contribution in [2.75, 3.05) is 26.2 Å². The Kier molecular flexibility index (Phi) is 5.40. The average molecular weight is 184 g/mol. The number of hydrogen-bond acceptors (Lipinski definition) is 2. The summed E-state index contributed by atoms with van der Waals surface area (Å²) in [5.74, 6) is 0.989. The molecule has 0 aromatic rings. The smallest absolute Gasteiger partial charge is 0.000672 e. The molecule has 2 nitrogen and oxygen atoms in total. The molecular weight excluding hydrogens is 160 g/mol. The maximum atomic E-state index is 5.51. The van der Waals surface area contributed by atoms with Crippen molar-refractivity contribution in [2.45, 2.75) is 39.0 Å². The second-order valence-electron chi connectivity index (χ2n) is 4.19.